The Labute approximate surface area is 164 Å². The molecule has 1 saturated heterocycles. The Bertz CT molecular complexity index is 1030. The Hall–Kier alpha value is -2.95. The Morgan fingerprint density at radius 1 is 1.04 bits per heavy atom. The molecule has 1 aliphatic heterocycles. The molecule has 28 heavy (non-hydrogen) atoms. The predicted octanol–water partition coefficient (Wildman–Crippen LogP) is 3.52. The maximum absolute atomic E-state index is 12.9. The largest absolute Gasteiger partial charge is 0.508 e. The zero-order chi connectivity index (χ0) is 19.1. The van der Waals surface area contributed by atoms with Crippen LogP contribution in [0.1, 0.15) is 23.1 Å². The van der Waals surface area contributed by atoms with Gasteiger partial charge < -0.3 is 19.3 Å². The van der Waals surface area contributed by atoms with E-state index in [0.717, 1.165) is 48.2 Å². The highest BCUT2D eigenvalue weighted by atomic mass is 16.3. The van der Waals surface area contributed by atoms with E-state index in [2.05, 4.69) is 17.0 Å². The molecule has 5 nitrogen and oxygen atoms in total. The van der Waals surface area contributed by atoms with Gasteiger partial charge in [-0.3, -0.25) is 4.79 Å². The van der Waals surface area contributed by atoms with Gasteiger partial charge in [0.25, 0.3) is 0 Å². The van der Waals surface area contributed by atoms with Crippen molar-refractivity contribution in [2.75, 3.05) is 31.1 Å². The third kappa shape index (κ3) is 3.11. The number of aryl methyl sites for hydroxylation is 2. The predicted molar refractivity (Wildman–Crippen MR) is 109 cm³/mol. The SMILES string of the molecule is O=C(Cc1coc2cc3c(cc12)CCC3)N1CCN(c2cccc(O)c2)CC1. The molecule has 0 radical (unpaired) electrons. The van der Waals surface area contributed by atoms with Crippen molar-refractivity contribution in [1.29, 1.82) is 0 Å². The van der Waals surface area contributed by atoms with E-state index in [0.29, 0.717) is 19.5 Å². The van der Waals surface area contributed by atoms with Crippen LogP contribution in [0.25, 0.3) is 11.0 Å². The number of piperazine rings is 1. The summed E-state index contributed by atoms with van der Waals surface area (Å²) in [5.74, 6) is 0.424. The monoisotopic (exact) mass is 376 g/mol. The van der Waals surface area contributed by atoms with Gasteiger partial charge in [-0.2, -0.15) is 0 Å². The number of benzene rings is 2. The van der Waals surface area contributed by atoms with Crippen LogP contribution in [0.2, 0.25) is 0 Å². The van der Waals surface area contributed by atoms with Crippen LogP contribution in [-0.2, 0) is 24.1 Å². The van der Waals surface area contributed by atoms with E-state index in [4.69, 9.17) is 4.42 Å². The van der Waals surface area contributed by atoms with Crippen molar-refractivity contribution in [2.24, 2.45) is 0 Å². The van der Waals surface area contributed by atoms with Crippen molar-refractivity contribution in [3.63, 3.8) is 0 Å². The first kappa shape index (κ1) is 17.2. The van der Waals surface area contributed by atoms with Gasteiger partial charge in [0.1, 0.15) is 11.3 Å². The summed E-state index contributed by atoms with van der Waals surface area (Å²) in [6.07, 6.45) is 5.60. The summed E-state index contributed by atoms with van der Waals surface area (Å²) in [6.45, 7) is 2.93. The number of amides is 1. The second-order valence-corrected chi connectivity index (χ2v) is 7.80. The number of nitrogens with zero attached hydrogens (tertiary/aromatic N) is 2. The summed E-state index contributed by atoms with van der Waals surface area (Å²) < 4.78 is 5.75. The molecule has 0 bridgehead atoms. The molecule has 0 unspecified atom stereocenters. The highest BCUT2D eigenvalue weighted by Crippen LogP contribution is 2.31. The van der Waals surface area contributed by atoms with E-state index >= 15 is 0 Å². The molecular formula is C23H24N2O3. The summed E-state index contributed by atoms with van der Waals surface area (Å²) in [5, 5.41) is 10.8. The number of hydrogen-bond acceptors (Lipinski definition) is 4. The fourth-order valence-corrected chi connectivity index (χ4v) is 4.46. The fraction of sp³-hybridized carbons (Fsp3) is 0.348. The van der Waals surface area contributed by atoms with Gasteiger partial charge in [0.05, 0.1) is 12.7 Å². The van der Waals surface area contributed by atoms with Gasteiger partial charge in [0.15, 0.2) is 0 Å². The molecule has 144 valence electrons. The number of fused-ring (bicyclic) bond motifs is 2. The van der Waals surface area contributed by atoms with Gasteiger partial charge in [0.2, 0.25) is 5.91 Å². The minimum absolute atomic E-state index is 0.152. The number of carbonyl (C=O) groups is 1. The Morgan fingerprint density at radius 2 is 1.82 bits per heavy atom. The minimum atomic E-state index is 0.152. The normalized spacial score (nSPS) is 16.6. The lowest BCUT2D eigenvalue weighted by Crippen LogP contribution is -2.49. The van der Waals surface area contributed by atoms with Crippen LogP contribution in [0, 0.1) is 0 Å². The summed E-state index contributed by atoms with van der Waals surface area (Å²) in [4.78, 5) is 17.0. The van der Waals surface area contributed by atoms with Crippen LogP contribution in [-0.4, -0.2) is 42.1 Å². The highest BCUT2D eigenvalue weighted by molar-refractivity contribution is 5.88. The van der Waals surface area contributed by atoms with Crippen molar-refractivity contribution in [2.45, 2.75) is 25.7 Å². The molecule has 5 heteroatoms. The lowest BCUT2D eigenvalue weighted by molar-refractivity contribution is -0.130. The van der Waals surface area contributed by atoms with Gasteiger partial charge in [0, 0.05) is 48.9 Å². The number of carbonyl (C=O) groups excluding carboxylic acids is 1. The number of hydrogen-bond donors (Lipinski definition) is 1. The molecule has 1 fully saturated rings. The number of phenols is 1. The van der Waals surface area contributed by atoms with Crippen LogP contribution >= 0.6 is 0 Å². The van der Waals surface area contributed by atoms with Gasteiger partial charge in [-0.15, -0.1) is 0 Å². The second-order valence-electron chi connectivity index (χ2n) is 7.80. The molecule has 5 rings (SSSR count). The van der Waals surface area contributed by atoms with Crippen LogP contribution in [0.5, 0.6) is 5.75 Å². The zero-order valence-corrected chi connectivity index (χ0v) is 15.9. The molecule has 0 saturated carbocycles. The van der Waals surface area contributed by atoms with Gasteiger partial charge in [-0.25, -0.2) is 0 Å². The first-order valence-electron chi connectivity index (χ1n) is 10.0. The van der Waals surface area contributed by atoms with Crippen molar-refractivity contribution in [3.05, 3.63) is 59.4 Å². The molecule has 1 N–H and O–H groups in total. The first-order valence-corrected chi connectivity index (χ1v) is 10.0. The number of anilines is 1. The summed E-state index contributed by atoms with van der Waals surface area (Å²) in [5.41, 5.74) is 5.69. The number of furan rings is 1. The number of phenolic OH excluding ortho intramolecular Hbond substituents is 1. The van der Waals surface area contributed by atoms with Crippen molar-refractivity contribution in [3.8, 4) is 5.75 Å². The topological polar surface area (TPSA) is 56.9 Å². The summed E-state index contributed by atoms with van der Waals surface area (Å²) >= 11 is 0. The van der Waals surface area contributed by atoms with Gasteiger partial charge in [-0.1, -0.05) is 6.07 Å². The minimum Gasteiger partial charge on any atom is -0.508 e. The summed E-state index contributed by atoms with van der Waals surface area (Å²) in [6, 6.07) is 11.7. The smallest absolute Gasteiger partial charge is 0.227 e. The Balaban J connectivity index is 1.26. The lowest BCUT2D eigenvalue weighted by Gasteiger charge is -2.36. The van der Waals surface area contributed by atoms with E-state index in [1.807, 2.05) is 17.0 Å². The van der Waals surface area contributed by atoms with Gasteiger partial charge in [-0.05, 0) is 54.7 Å². The fourth-order valence-electron chi connectivity index (χ4n) is 4.46. The van der Waals surface area contributed by atoms with E-state index in [9.17, 15) is 9.90 Å². The van der Waals surface area contributed by atoms with E-state index < -0.39 is 0 Å². The van der Waals surface area contributed by atoms with Crippen LogP contribution in [0.15, 0.2) is 47.1 Å². The molecule has 2 aliphatic rings. The average Bonchev–Trinajstić information content (AvgIpc) is 3.33. The molecular weight excluding hydrogens is 352 g/mol. The van der Waals surface area contributed by atoms with Crippen molar-refractivity contribution < 1.29 is 14.3 Å². The second kappa shape index (κ2) is 6.89. The standard InChI is InChI=1S/C23H24N2O3/c26-20-6-2-5-19(14-20)24-7-9-25(10-8-24)23(27)13-18-15-28-22-12-17-4-1-3-16(17)11-21(18)22/h2,5-6,11-12,14-15,26H,1,3-4,7-10,13H2. The zero-order valence-electron chi connectivity index (χ0n) is 15.9. The van der Waals surface area contributed by atoms with Crippen molar-refractivity contribution in [1.82, 2.24) is 4.90 Å². The Morgan fingerprint density at radius 3 is 2.61 bits per heavy atom. The molecule has 1 aromatic heterocycles. The van der Waals surface area contributed by atoms with Crippen LogP contribution in [0.3, 0.4) is 0 Å². The number of aromatic hydroxyl groups is 1. The lowest BCUT2D eigenvalue weighted by atomic mass is 10.0. The third-order valence-corrected chi connectivity index (χ3v) is 6.04. The van der Waals surface area contributed by atoms with Crippen LogP contribution in [0.4, 0.5) is 5.69 Å². The highest BCUT2D eigenvalue weighted by Gasteiger charge is 2.23. The van der Waals surface area contributed by atoms with Crippen LogP contribution < -0.4 is 4.90 Å². The maximum atomic E-state index is 12.9. The molecule has 1 aliphatic carbocycles. The molecule has 1 amide bonds. The quantitative estimate of drug-likeness (QED) is 0.760. The Kier molecular flexibility index (Phi) is 4.23. The maximum Gasteiger partial charge on any atom is 0.227 e. The van der Waals surface area contributed by atoms with Gasteiger partial charge >= 0.3 is 0 Å². The molecule has 2 aromatic carbocycles. The number of rotatable bonds is 3. The average molecular weight is 376 g/mol. The van der Waals surface area contributed by atoms with Crippen molar-refractivity contribution >= 4 is 22.6 Å². The molecule has 2 heterocycles. The summed E-state index contributed by atoms with van der Waals surface area (Å²) in [7, 11) is 0. The first-order chi connectivity index (χ1) is 13.7. The molecule has 0 spiro atoms. The van der Waals surface area contributed by atoms with E-state index in [-0.39, 0.29) is 11.7 Å². The van der Waals surface area contributed by atoms with E-state index in [1.54, 1.807) is 18.4 Å². The van der Waals surface area contributed by atoms with E-state index in [1.165, 1.54) is 17.5 Å². The molecule has 3 aromatic rings. The molecule has 0 atom stereocenters. The third-order valence-electron chi connectivity index (χ3n) is 6.04.